The number of hydrogen-bond donors (Lipinski definition) is 1. The second kappa shape index (κ2) is 7.46. The van der Waals surface area contributed by atoms with Crippen molar-refractivity contribution in [3.8, 4) is 0 Å². The van der Waals surface area contributed by atoms with E-state index < -0.39 is 7.37 Å². The van der Waals surface area contributed by atoms with E-state index >= 15 is 0 Å². The van der Waals surface area contributed by atoms with Crippen LogP contribution in [0.15, 0.2) is 0 Å². The van der Waals surface area contributed by atoms with Crippen molar-refractivity contribution in [3.63, 3.8) is 0 Å². The molecule has 0 aromatic heterocycles. The van der Waals surface area contributed by atoms with E-state index in [2.05, 4.69) is 27.7 Å². The molecule has 2 atom stereocenters. The van der Waals surface area contributed by atoms with Crippen LogP contribution in [-0.2, 0) is 4.57 Å². The summed E-state index contributed by atoms with van der Waals surface area (Å²) in [5, 5.41) is 0. The Morgan fingerprint density at radius 1 is 1.00 bits per heavy atom. The Kier molecular flexibility index (Phi) is 7.56. The zero-order chi connectivity index (χ0) is 11.9. The third kappa shape index (κ3) is 8.04. The predicted molar refractivity (Wildman–Crippen MR) is 67.7 cm³/mol. The average Bonchev–Trinajstić information content (AvgIpc) is 2.01. The lowest BCUT2D eigenvalue weighted by molar-refractivity contribution is 0.441. The van der Waals surface area contributed by atoms with Crippen LogP contribution in [0.2, 0.25) is 0 Å². The van der Waals surface area contributed by atoms with Gasteiger partial charge >= 0.3 is 0 Å². The standard InChI is InChI=1S/C12H27O2P/c1-5-7-11(3)9-15(13,14)10-12(4)8-6-2/h11-12H,5-10H2,1-4H3,(H,13,14). The van der Waals surface area contributed by atoms with Crippen molar-refractivity contribution in [1.29, 1.82) is 0 Å². The minimum Gasteiger partial charge on any atom is -0.344 e. The average molecular weight is 234 g/mol. The first kappa shape index (κ1) is 15.2. The van der Waals surface area contributed by atoms with Gasteiger partial charge in [0.2, 0.25) is 7.37 Å². The van der Waals surface area contributed by atoms with Gasteiger partial charge < -0.3 is 4.89 Å². The first-order chi connectivity index (χ1) is 6.91. The van der Waals surface area contributed by atoms with Crippen molar-refractivity contribution in [2.45, 2.75) is 53.4 Å². The Labute approximate surface area is 94.9 Å². The fourth-order valence-electron chi connectivity index (χ4n) is 2.22. The highest BCUT2D eigenvalue weighted by molar-refractivity contribution is 7.58. The van der Waals surface area contributed by atoms with Crippen molar-refractivity contribution in [1.82, 2.24) is 0 Å². The van der Waals surface area contributed by atoms with Crippen LogP contribution in [0, 0.1) is 11.8 Å². The molecule has 0 aliphatic rings. The molecule has 0 amide bonds. The summed E-state index contributed by atoms with van der Waals surface area (Å²) in [7, 11) is -2.86. The smallest absolute Gasteiger partial charge is 0.201 e. The van der Waals surface area contributed by atoms with Gasteiger partial charge in [-0.2, -0.15) is 0 Å². The lowest BCUT2D eigenvalue weighted by Crippen LogP contribution is -2.09. The molecule has 3 heteroatoms. The van der Waals surface area contributed by atoms with Gasteiger partial charge in [0.05, 0.1) is 0 Å². The normalized spacial score (nSPS) is 19.5. The molecule has 0 radical (unpaired) electrons. The Morgan fingerprint density at radius 3 is 1.60 bits per heavy atom. The van der Waals surface area contributed by atoms with Crippen molar-refractivity contribution >= 4 is 7.37 Å². The van der Waals surface area contributed by atoms with Crippen LogP contribution in [0.3, 0.4) is 0 Å². The fourth-order valence-corrected chi connectivity index (χ4v) is 4.68. The third-order valence-electron chi connectivity index (χ3n) is 2.76. The molecule has 0 fully saturated rings. The van der Waals surface area contributed by atoms with Gasteiger partial charge in [0.15, 0.2) is 0 Å². The van der Waals surface area contributed by atoms with Crippen molar-refractivity contribution in [3.05, 3.63) is 0 Å². The monoisotopic (exact) mass is 234 g/mol. The molecule has 0 spiro atoms. The van der Waals surface area contributed by atoms with Gasteiger partial charge in [-0.3, -0.25) is 4.57 Å². The summed E-state index contributed by atoms with van der Waals surface area (Å²) < 4.78 is 11.9. The molecule has 0 saturated carbocycles. The van der Waals surface area contributed by atoms with Crippen molar-refractivity contribution in [2.75, 3.05) is 12.3 Å². The summed E-state index contributed by atoms with van der Waals surface area (Å²) in [5.41, 5.74) is 0. The zero-order valence-electron chi connectivity index (χ0n) is 10.7. The maximum Gasteiger partial charge on any atom is 0.201 e. The van der Waals surface area contributed by atoms with E-state index in [1.54, 1.807) is 0 Å². The van der Waals surface area contributed by atoms with E-state index in [9.17, 15) is 9.46 Å². The highest BCUT2D eigenvalue weighted by atomic mass is 31.2. The third-order valence-corrected chi connectivity index (χ3v) is 5.14. The van der Waals surface area contributed by atoms with E-state index in [4.69, 9.17) is 0 Å². The molecule has 0 saturated heterocycles. The largest absolute Gasteiger partial charge is 0.344 e. The SMILES string of the molecule is CCCC(C)CP(=O)(O)CC(C)CCC. The second-order valence-electron chi connectivity index (χ2n) is 5.00. The molecule has 0 heterocycles. The minimum atomic E-state index is -2.86. The van der Waals surface area contributed by atoms with Crippen LogP contribution in [0.4, 0.5) is 0 Å². The molecule has 0 aliphatic heterocycles. The van der Waals surface area contributed by atoms with Crippen molar-refractivity contribution in [2.24, 2.45) is 11.8 Å². The van der Waals surface area contributed by atoms with Crippen LogP contribution in [-0.4, -0.2) is 17.2 Å². The summed E-state index contributed by atoms with van der Waals surface area (Å²) in [6.07, 6.45) is 5.35. The molecule has 2 unspecified atom stereocenters. The van der Waals surface area contributed by atoms with Crippen LogP contribution >= 0.6 is 7.37 Å². The Bertz CT molecular complexity index is 186. The first-order valence-corrected chi connectivity index (χ1v) is 8.25. The van der Waals surface area contributed by atoms with E-state index in [-0.39, 0.29) is 0 Å². The fraction of sp³-hybridized carbons (Fsp3) is 1.00. The Morgan fingerprint density at radius 2 is 1.33 bits per heavy atom. The van der Waals surface area contributed by atoms with Gasteiger partial charge in [-0.15, -0.1) is 0 Å². The van der Waals surface area contributed by atoms with Gasteiger partial charge in [0.1, 0.15) is 0 Å². The molecule has 2 nitrogen and oxygen atoms in total. The summed E-state index contributed by atoms with van der Waals surface area (Å²) in [5.74, 6) is 0.777. The maximum atomic E-state index is 11.9. The van der Waals surface area contributed by atoms with Gasteiger partial charge in [0.25, 0.3) is 0 Å². The highest BCUT2D eigenvalue weighted by Gasteiger charge is 2.23. The molecule has 0 aromatic carbocycles. The van der Waals surface area contributed by atoms with Gasteiger partial charge in [-0.1, -0.05) is 53.4 Å². The minimum absolute atomic E-state index is 0.389. The summed E-state index contributed by atoms with van der Waals surface area (Å²) in [6, 6.07) is 0. The predicted octanol–water partition coefficient (Wildman–Crippen LogP) is 4.13. The molecular formula is C12H27O2P. The zero-order valence-corrected chi connectivity index (χ0v) is 11.6. The molecule has 0 rings (SSSR count). The molecule has 0 bridgehead atoms. The molecule has 1 N–H and O–H groups in total. The Hall–Kier alpha value is 0.190. The summed E-state index contributed by atoms with van der Waals surface area (Å²) in [4.78, 5) is 9.86. The van der Waals surface area contributed by atoms with Gasteiger partial charge in [-0.05, 0) is 11.8 Å². The molecule has 92 valence electrons. The van der Waals surface area contributed by atoms with E-state index in [0.717, 1.165) is 25.7 Å². The van der Waals surface area contributed by atoms with Crippen LogP contribution in [0.5, 0.6) is 0 Å². The first-order valence-electron chi connectivity index (χ1n) is 6.22. The van der Waals surface area contributed by atoms with Gasteiger partial charge in [-0.25, -0.2) is 0 Å². The lowest BCUT2D eigenvalue weighted by Gasteiger charge is -2.19. The topological polar surface area (TPSA) is 37.3 Å². The molecule has 0 aromatic rings. The van der Waals surface area contributed by atoms with E-state index in [1.165, 1.54) is 0 Å². The summed E-state index contributed by atoms with van der Waals surface area (Å²) in [6.45, 7) is 8.41. The number of hydrogen-bond acceptors (Lipinski definition) is 1. The van der Waals surface area contributed by atoms with Crippen LogP contribution < -0.4 is 0 Å². The van der Waals surface area contributed by atoms with E-state index in [1.807, 2.05) is 0 Å². The highest BCUT2D eigenvalue weighted by Crippen LogP contribution is 2.45. The van der Waals surface area contributed by atoms with Crippen molar-refractivity contribution < 1.29 is 9.46 Å². The Balaban J connectivity index is 4.00. The maximum absolute atomic E-state index is 11.9. The second-order valence-corrected chi connectivity index (χ2v) is 7.42. The van der Waals surface area contributed by atoms with Crippen LogP contribution in [0.25, 0.3) is 0 Å². The van der Waals surface area contributed by atoms with E-state index in [0.29, 0.717) is 24.2 Å². The lowest BCUT2D eigenvalue weighted by atomic mass is 10.1. The summed E-state index contributed by atoms with van der Waals surface area (Å²) >= 11 is 0. The quantitative estimate of drug-likeness (QED) is 0.641. The molecule has 0 aliphatic carbocycles. The molecule has 15 heavy (non-hydrogen) atoms. The van der Waals surface area contributed by atoms with Gasteiger partial charge in [0, 0.05) is 12.3 Å². The molecular weight excluding hydrogens is 207 g/mol. The number of rotatable bonds is 8. The van der Waals surface area contributed by atoms with Crippen LogP contribution in [0.1, 0.15) is 53.4 Å².